The van der Waals surface area contributed by atoms with Crippen molar-refractivity contribution < 1.29 is 4.74 Å². The number of rotatable bonds is 2. The standard InChI is InChI=1S/C15H18N4OS/c1-2-13(19-14-12(1)16-5-6-17-14)18-11-3-7-20-15(9-11)4-8-21-10-15/h1-2,5-6,11H,3-4,7-10H2,(H,17,18,19)/t11-,15+/m0/s1. The minimum atomic E-state index is 0.0945. The Kier molecular flexibility index (Phi) is 3.43. The summed E-state index contributed by atoms with van der Waals surface area (Å²) >= 11 is 2.00. The molecule has 1 N–H and O–H groups in total. The second kappa shape index (κ2) is 5.42. The van der Waals surface area contributed by atoms with Crippen molar-refractivity contribution >= 4 is 28.7 Å². The van der Waals surface area contributed by atoms with Gasteiger partial charge < -0.3 is 10.1 Å². The number of anilines is 1. The third kappa shape index (κ3) is 2.70. The monoisotopic (exact) mass is 302 g/mol. The van der Waals surface area contributed by atoms with E-state index < -0.39 is 0 Å². The van der Waals surface area contributed by atoms with Gasteiger partial charge in [0.2, 0.25) is 0 Å². The van der Waals surface area contributed by atoms with E-state index in [1.165, 1.54) is 12.2 Å². The molecule has 0 aromatic carbocycles. The Morgan fingerprint density at radius 3 is 3.14 bits per heavy atom. The summed E-state index contributed by atoms with van der Waals surface area (Å²) < 4.78 is 6.06. The number of thioether (sulfide) groups is 1. The molecule has 2 saturated heterocycles. The molecule has 6 heteroatoms. The molecule has 2 fully saturated rings. The summed E-state index contributed by atoms with van der Waals surface area (Å²) in [6.07, 6.45) is 6.65. The zero-order chi connectivity index (χ0) is 14.1. The van der Waals surface area contributed by atoms with Crippen molar-refractivity contribution in [3.63, 3.8) is 0 Å². The van der Waals surface area contributed by atoms with E-state index in [2.05, 4.69) is 20.3 Å². The molecule has 5 nitrogen and oxygen atoms in total. The molecular weight excluding hydrogens is 284 g/mol. The summed E-state index contributed by atoms with van der Waals surface area (Å²) in [5.74, 6) is 3.23. The van der Waals surface area contributed by atoms with Crippen LogP contribution in [0.15, 0.2) is 24.5 Å². The summed E-state index contributed by atoms with van der Waals surface area (Å²) in [5.41, 5.74) is 1.62. The third-order valence-corrected chi connectivity index (χ3v) is 5.47. The van der Waals surface area contributed by atoms with Crippen LogP contribution >= 0.6 is 11.8 Å². The summed E-state index contributed by atoms with van der Waals surface area (Å²) in [7, 11) is 0. The highest BCUT2D eigenvalue weighted by Crippen LogP contribution is 2.38. The average molecular weight is 302 g/mol. The lowest BCUT2D eigenvalue weighted by Crippen LogP contribution is -2.44. The molecule has 1 spiro atoms. The quantitative estimate of drug-likeness (QED) is 0.919. The van der Waals surface area contributed by atoms with Crippen molar-refractivity contribution in [2.75, 3.05) is 23.4 Å². The molecule has 2 aromatic rings. The molecule has 0 bridgehead atoms. The van der Waals surface area contributed by atoms with Gasteiger partial charge in [0.25, 0.3) is 0 Å². The first-order chi connectivity index (χ1) is 10.3. The van der Waals surface area contributed by atoms with Gasteiger partial charge in [-0.05, 0) is 37.1 Å². The number of hydrogen-bond donors (Lipinski definition) is 1. The van der Waals surface area contributed by atoms with Crippen LogP contribution < -0.4 is 5.32 Å². The Hall–Kier alpha value is -1.40. The number of hydrogen-bond acceptors (Lipinski definition) is 6. The molecule has 0 unspecified atom stereocenters. The summed E-state index contributed by atoms with van der Waals surface area (Å²) in [5, 5.41) is 3.56. The highest BCUT2D eigenvalue weighted by atomic mass is 32.2. The van der Waals surface area contributed by atoms with Crippen LogP contribution in [0.1, 0.15) is 19.3 Å². The van der Waals surface area contributed by atoms with E-state index in [0.29, 0.717) is 11.7 Å². The highest BCUT2D eigenvalue weighted by molar-refractivity contribution is 7.99. The fourth-order valence-electron chi connectivity index (χ4n) is 3.16. The zero-order valence-corrected chi connectivity index (χ0v) is 12.6. The van der Waals surface area contributed by atoms with E-state index in [0.717, 1.165) is 36.5 Å². The van der Waals surface area contributed by atoms with Gasteiger partial charge in [-0.1, -0.05) is 0 Å². The molecule has 0 amide bonds. The fourth-order valence-corrected chi connectivity index (χ4v) is 4.54. The zero-order valence-electron chi connectivity index (χ0n) is 11.8. The van der Waals surface area contributed by atoms with E-state index in [9.17, 15) is 0 Å². The van der Waals surface area contributed by atoms with Gasteiger partial charge in [0.15, 0.2) is 5.65 Å². The van der Waals surface area contributed by atoms with Crippen LogP contribution in [0.4, 0.5) is 5.82 Å². The molecule has 0 radical (unpaired) electrons. The van der Waals surface area contributed by atoms with Gasteiger partial charge in [0.1, 0.15) is 11.3 Å². The number of pyridine rings is 1. The van der Waals surface area contributed by atoms with Crippen LogP contribution in [0.3, 0.4) is 0 Å². The molecule has 21 heavy (non-hydrogen) atoms. The summed E-state index contributed by atoms with van der Waals surface area (Å²) in [6, 6.07) is 4.39. The molecule has 4 rings (SSSR count). The Labute approximate surface area is 127 Å². The Morgan fingerprint density at radius 1 is 1.29 bits per heavy atom. The number of nitrogens with one attached hydrogen (secondary N) is 1. The molecule has 2 aromatic heterocycles. The van der Waals surface area contributed by atoms with Crippen molar-refractivity contribution in [2.24, 2.45) is 0 Å². The number of nitrogens with zero attached hydrogens (tertiary/aromatic N) is 3. The first-order valence-corrected chi connectivity index (χ1v) is 8.55. The van der Waals surface area contributed by atoms with Crippen molar-refractivity contribution in [3.05, 3.63) is 24.5 Å². The first kappa shape index (κ1) is 13.3. The van der Waals surface area contributed by atoms with E-state index in [1.807, 2.05) is 23.9 Å². The maximum absolute atomic E-state index is 6.06. The van der Waals surface area contributed by atoms with Crippen LogP contribution in [-0.4, -0.2) is 44.7 Å². The second-order valence-electron chi connectivity index (χ2n) is 5.76. The molecule has 0 aliphatic carbocycles. The predicted molar refractivity (Wildman–Crippen MR) is 84.6 cm³/mol. The van der Waals surface area contributed by atoms with E-state index in [4.69, 9.17) is 4.74 Å². The number of fused-ring (bicyclic) bond motifs is 1. The molecule has 4 heterocycles. The van der Waals surface area contributed by atoms with Crippen molar-refractivity contribution in [2.45, 2.75) is 30.9 Å². The SMILES string of the molecule is c1cnc2nc(N[C@H]3CCO[C@]4(CCSC4)C3)ccc2n1. The maximum atomic E-state index is 6.06. The van der Waals surface area contributed by atoms with Gasteiger partial charge in [-0.15, -0.1) is 0 Å². The lowest BCUT2D eigenvalue weighted by molar-refractivity contribution is -0.0628. The lowest BCUT2D eigenvalue weighted by atomic mass is 9.90. The second-order valence-corrected chi connectivity index (χ2v) is 6.87. The molecular formula is C15H18N4OS. The van der Waals surface area contributed by atoms with Crippen LogP contribution in [-0.2, 0) is 4.74 Å². The maximum Gasteiger partial charge on any atom is 0.180 e. The average Bonchev–Trinajstić information content (AvgIpc) is 2.95. The van der Waals surface area contributed by atoms with Crippen LogP contribution in [0, 0.1) is 0 Å². The Morgan fingerprint density at radius 2 is 2.24 bits per heavy atom. The summed E-state index contributed by atoms with van der Waals surface area (Å²) in [6.45, 7) is 0.839. The van der Waals surface area contributed by atoms with Gasteiger partial charge in [-0.3, -0.25) is 4.98 Å². The molecule has 2 atom stereocenters. The van der Waals surface area contributed by atoms with E-state index in [-0.39, 0.29) is 5.60 Å². The highest BCUT2D eigenvalue weighted by Gasteiger charge is 2.40. The van der Waals surface area contributed by atoms with E-state index >= 15 is 0 Å². The largest absolute Gasteiger partial charge is 0.374 e. The van der Waals surface area contributed by atoms with Gasteiger partial charge in [-0.25, -0.2) is 9.97 Å². The molecule has 2 aliphatic rings. The predicted octanol–water partition coefficient (Wildman–Crippen LogP) is 2.49. The van der Waals surface area contributed by atoms with Gasteiger partial charge >= 0.3 is 0 Å². The molecule has 0 saturated carbocycles. The fraction of sp³-hybridized carbons (Fsp3) is 0.533. The van der Waals surface area contributed by atoms with Crippen molar-refractivity contribution in [1.82, 2.24) is 15.0 Å². The van der Waals surface area contributed by atoms with Crippen LogP contribution in [0.5, 0.6) is 0 Å². The van der Waals surface area contributed by atoms with Crippen molar-refractivity contribution in [1.29, 1.82) is 0 Å². The van der Waals surface area contributed by atoms with Crippen LogP contribution in [0.25, 0.3) is 11.2 Å². The van der Waals surface area contributed by atoms with Gasteiger partial charge in [0.05, 0.1) is 5.60 Å². The topological polar surface area (TPSA) is 59.9 Å². The number of aromatic nitrogens is 3. The van der Waals surface area contributed by atoms with Gasteiger partial charge in [-0.2, -0.15) is 11.8 Å². The summed E-state index contributed by atoms with van der Waals surface area (Å²) in [4.78, 5) is 13.1. The van der Waals surface area contributed by atoms with E-state index in [1.54, 1.807) is 12.4 Å². The minimum absolute atomic E-state index is 0.0945. The smallest absolute Gasteiger partial charge is 0.180 e. The Bertz CT molecular complexity index is 644. The third-order valence-electron chi connectivity index (χ3n) is 4.24. The minimum Gasteiger partial charge on any atom is -0.374 e. The number of ether oxygens (including phenoxy) is 1. The normalized spacial score (nSPS) is 29.0. The van der Waals surface area contributed by atoms with Gasteiger partial charge in [0, 0.05) is 30.8 Å². The Balaban J connectivity index is 1.51. The molecule has 110 valence electrons. The van der Waals surface area contributed by atoms with Crippen LogP contribution in [0.2, 0.25) is 0 Å². The lowest BCUT2D eigenvalue weighted by Gasteiger charge is -2.38. The first-order valence-electron chi connectivity index (χ1n) is 7.39. The van der Waals surface area contributed by atoms with Crippen molar-refractivity contribution in [3.8, 4) is 0 Å². The molecule has 2 aliphatic heterocycles.